The van der Waals surface area contributed by atoms with Crippen LogP contribution in [0.1, 0.15) is 46.0 Å². The van der Waals surface area contributed by atoms with Crippen molar-refractivity contribution in [2.75, 3.05) is 0 Å². The van der Waals surface area contributed by atoms with Crippen LogP contribution in [0.2, 0.25) is 0 Å². The van der Waals surface area contributed by atoms with Gasteiger partial charge in [-0.1, -0.05) is 13.8 Å². The summed E-state index contributed by atoms with van der Waals surface area (Å²) >= 11 is 0. The van der Waals surface area contributed by atoms with Crippen LogP contribution in [0, 0.1) is 23.7 Å². The van der Waals surface area contributed by atoms with E-state index >= 15 is 0 Å². The Labute approximate surface area is 111 Å². The van der Waals surface area contributed by atoms with Crippen LogP contribution in [0.15, 0.2) is 0 Å². The maximum absolute atomic E-state index is 12.6. The van der Waals surface area contributed by atoms with E-state index in [1.807, 2.05) is 6.92 Å². The van der Waals surface area contributed by atoms with Gasteiger partial charge in [-0.25, -0.2) is 17.6 Å². The molecule has 112 valence electrons. The zero-order valence-electron chi connectivity index (χ0n) is 11.4. The Hall–Kier alpha value is -0.320. The van der Waals surface area contributed by atoms with Crippen LogP contribution in [0.3, 0.4) is 0 Å². The summed E-state index contributed by atoms with van der Waals surface area (Å²) in [6, 6.07) is 0. The first-order valence-corrected chi connectivity index (χ1v) is 7.08. The molecule has 0 aromatic heterocycles. The van der Waals surface area contributed by atoms with Crippen molar-refractivity contribution in [3.05, 3.63) is 0 Å². The maximum Gasteiger partial charge on any atom is 0.251 e. The summed E-state index contributed by atoms with van der Waals surface area (Å²) in [5, 5.41) is 9.03. The highest BCUT2D eigenvalue weighted by Gasteiger charge is 2.65. The second-order valence-electron chi connectivity index (χ2n) is 6.49. The van der Waals surface area contributed by atoms with E-state index in [1.165, 1.54) is 0 Å². The lowest BCUT2D eigenvalue weighted by atomic mass is 9.86. The van der Waals surface area contributed by atoms with Crippen molar-refractivity contribution in [3.63, 3.8) is 0 Å². The molecule has 5 atom stereocenters. The van der Waals surface area contributed by atoms with Crippen molar-refractivity contribution in [2.24, 2.45) is 23.7 Å². The quantitative estimate of drug-likeness (QED) is 0.663. The Morgan fingerprint density at radius 2 is 1.63 bits per heavy atom. The maximum atomic E-state index is 12.6. The third-order valence-corrected chi connectivity index (χ3v) is 4.99. The van der Waals surface area contributed by atoms with Gasteiger partial charge in [-0.2, -0.15) is 0 Å². The van der Waals surface area contributed by atoms with Crippen molar-refractivity contribution < 1.29 is 22.7 Å². The standard InChI is InChI=1S/C7H12F2O.C7H10F2/c1-5-2-3-7(8,9)4-6(5)10;1-4-5-2-3-7(8,9)6(4)5/h5-6,10H,2-4H2,1H3;4-6H,2-3H2,1H3. The normalized spacial score (nSPS) is 45.9. The second kappa shape index (κ2) is 4.90. The Morgan fingerprint density at radius 3 is 1.95 bits per heavy atom. The number of aliphatic hydroxyl groups is 1. The van der Waals surface area contributed by atoms with Gasteiger partial charge < -0.3 is 5.11 Å². The summed E-state index contributed by atoms with van der Waals surface area (Å²) in [6.07, 6.45) is 0.128. The minimum Gasteiger partial charge on any atom is -0.393 e. The van der Waals surface area contributed by atoms with Crippen molar-refractivity contribution in [1.29, 1.82) is 0 Å². The number of fused-ring (bicyclic) bond motifs is 1. The van der Waals surface area contributed by atoms with Crippen LogP contribution in [0.25, 0.3) is 0 Å². The molecule has 0 heterocycles. The fraction of sp³-hybridized carbons (Fsp3) is 1.00. The van der Waals surface area contributed by atoms with Gasteiger partial charge in [-0.15, -0.1) is 0 Å². The van der Waals surface area contributed by atoms with Gasteiger partial charge in [-0.05, 0) is 30.6 Å². The molecule has 5 heteroatoms. The van der Waals surface area contributed by atoms with Crippen LogP contribution in [0.4, 0.5) is 17.6 Å². The average molecular weight is 282 g/mol. The molecule has 0 spiro atoms. The zero-order valence-corrected chi connectivity index (χ0v) is 11.4. The molecule has 0 aromatic rings. The first-order chi connectivity index (χ1) is 8.64. The third kappa shape index (κ3) is 3.23. The van der Waals surface area contributed by atoms with E-state index in [4.69, 9.17) is 5.11 Å². The molecule has 0 radical (unpaired) electrons. The number of hydrogen-bond donors (Lipinski definition) is 1. The zero-order chi connectivity index (χ0) is 14.4. The number of alkyl halides is 4. The second-order valence-corrected chi connectivity index (χ2v) is 6.49. The predicted molar refractivity (Wildman–Crippen MR) is 64.3 cm³/mol. The number of halogens is 4. The van der Waals surface area contributed by atoms with Crippen molar-refractivity contribution in [2.45, 2.75) is 63.9 Å². The van der Waals surface area contributed by atoms with Crippen molar-refractivity contribution in [3.8, 4) is 0 Å². The summed E-state index contributed by atoms with van der Waals surface area (Å²) in [5.41, 5.74) is 0. The molecule has 19 heavy (non-hydrogen) atoms. The van der Waals surface area contributed by atoms with Crippen LogP contribution < -0.4 is 0 Å². The van der Waals surface area contributed by atoms with Crippen LogP contribution in [0.5, 0.6) is 0 Å². The Balaban J connectivity index is 0.000000141. The topological polar surface area (TPSA) is 20.2 Å². The first-order valence-electron chi connectivity index (χ1n) is 7.08. The molecular weight excluding hydrogens is 260 g/mol. The minimum atomic E-state index is -2.62. The third-order valence-electron chi connectivity index (χ3n) is 4.99. The predicted octanol–water partition coefficient (Wildman–Crippen LogP) is 4.10. The molecule has 0 aliphatic heterocycles. The van der Waals surface area contributed by atoms with E-state index in [9.17, 15) is 17.6 Å². The molecule has 1 N–H and O–H groups in total. The lowest BCUT2D eigenvalue weighted by Crippen LogP contribution is -2.34. The fourth-order valence-electron chi connectivity index (χ4n) is 3.45. The van der Waals surface area contributed by atoms with Gasteiger partial charge in [0.05, 0.1) is 6.10 Å². The highest BCUT2D eigenvalue weighted by molar-refractivity contribution is 5.07. The molecule has 0 aromatic carbocycles. The van der Waals surface area contributed by atoms with Gasteiger partial charge in [0, 0.05) is 25.2 Å². The highest BCUT2D eigenvalue weighted by atomic mass is 19.3. The summed E-state index contributed by atoms with van der Waals surface area (Å²) in [4.78, 5) is 0. The molecule has 3 rings (SSSR count). The van der Waals surface area contributed by atoms with Gasteiger partial charge in [0.15, 0.2) is 0 Å². The largest absolute Gasteiger partial charge is 0.393 e. The molecule has 3 saturated carbocycles. The Kier molecular flexibility index (Phi) is 3.89. The summed E-state index contributed by atoms with van der Waals surface area (Å²) in [5.74, 6) is -4.43. The van der Waals surface area contributed by atoms with Crippen LogP contribution in [-0.2, 0) is 0 Å². The molecular formula is C14H22F4O. The summed E-state index contributed by atoms with van der Waals surface area (Å²) in [6.45, 7) is 3.74. The van der Waals surface area contributed by atoms with Gasteiger partial charge in [-0.3, -0.25) is 0 Å². The van der Waals surface area contributed by atoms with E-state index in [-0.39, 0.29) is 31.1 Å². The first kappa shape index (κ1) is 15.1. The number of aliphatic hydroxyl groups excluding tert-OH is 1. The van der Waals surface area contributed by atoms with E-state index in [0.717, 1.165) is 6.42 Å². The van der Waals surface area contributed by atoms with Crippen LogP contribution >= 0.6 is 0 Å². The molecule has 1 nitrogen and oxygen atoms in total. The van der Waals surface area contributed by atoms with Crippen molar-refractivity contribution >= 4 is 0 Å². The summed E-state index contributed by atoms with van der Waals surface area (Å²) in [7, 11) is 0. The Morgan fingerprint density at radius 1 is 1.00 bits per heavy atom. The van der Waals surface area contributed by atoms with E-state index in [2.05, 4.69) is 0 Å². The number of hydrogen-bond acceptors (Lipinski definition) is 1. The van der Waals surface area contributed by atoms with E-state index in [1.54, 1.807) is 6.92 Å². The van der Waals surface area contributed by atoms with E-state index in [0.29, 0.717) is 18.3 Å². The SMILES string of the molecule is CC1C2CCC(F)(F)C12.CC1CCC(F)(F)CC1O. The monoisotopic (exact) mass is 282 g/mol. The molecule has 3 aliphatic rings. The van der Waals surface area contributed by atoms with Gasteiger partial charge in [0.25, 0.3) is 11.8 Å². The molecule has 5 unspecified atom stereocenters. The average Bonchev–Trinajstić information content (AvgIpc) is 2.82. The lowest BCUT2D eigenvalue weighted by molar-refractivity contribution is -0.0941. The smallest absolute Gasteiger partial charge is 0.251 e. The summed E-state index contributed by atoms with van der Waals surface area (Å²) < 4.78 is 50.2. The minimum absolute atomic E-state index is 0.0413. The van der Waals surface area contributed by atoms with Gasteiger partial charge in [0.1, 0.15) is 0 Å². The lowest BCUT2D eigenvalue weighted by Gasteiger charge is -2.30. The number of rotatable bonds is 0. The molecule has 0 saturated heterocycles. The van der Waals surface area contributed by atoms with Crippen LogP contribution in [-0.4, -0.2) is 23.1 Å². The molecule has 3 aliphatic carbocycles. The Bertz CT molecular complexity index is 331. The highest BCUT2D eigenvalue weighted by Crippen LogP contribution is 2.64. The van der Waals surface area contributed by atoms with Crippen molar-refractivity contribution in [1.82, 2.24) is 0 Å². The van der Waals surface area contributed by atoms with E-state index < -0.39 is 17.9 Å². The fourth-order valence-corrected chi connectivity index (χ4v) is 3.45. The molecule has 0 amide bonds. The molecule has 0 bridgehead atoms. The molecule has 3 fully saturated rings. The van der Waals surface area contributed by atoms with Gasteiger partial charge >= 0.3 is 0 Å². The van der Waals surface area contributed by atoms with Gasteiger partial charge in [0.2, 0.25) is 0 Å².